The summed E-state index contributed by atoms with van der Waals surface area (Å²) in [6, 6.07) is 3.70. The first-order valence-corrected chi connectivity index (χ1v) is 7.08. The topological polar surface area (TPSA) is 98.2 Å². The fraction of sp³-hybridized carbons (Fsp3) is 0.308. The Morgan fingerprint density at radius 3 is 3.10 bits per heavy atom. The maximum Gasteiger partial charge on any atom is 0.230 e. The van der Waals surface area contributed by atoms with Crippen molar-refractivity contribution >= 4 is 28.3 Å². The van der Waals surface area contributed by atoms with Gasteiger partial charge in [0.1, 0.15) is 5.76 Å². The third-order valence-electron chi connectivity index (χ3n) is 3.17. The zero-order valence-electron chi connectivity index (χ0n) is 10.5. The number of hydrogen-bond acceptors (Lipinski definition) is 5. The normalized spacial score (nSPS) is 20.6. The van der Waals surface area contributed by atoms with Crippen LogP contribution in [0.2, 0.25) is 0 Å². The third-order valence-corrected chi connectivity index (χ3v) is 3.98. The molecule has 1 fully saturated rings. The van der Waals surface area contributed by atoms with Crippen LogP contribution in [0.25, 0.3) is 0 Å². The minimum Gasteiger partial charge on any atom is -0.469 e. The average molecular weight is 291 g/mol. The Labute approximate surface area is 119 Å². The van der Waals surface area contributed by atoms with E-state index in [4.69, 9.17) is 10.2 Å². The van der Waals surface area contributed by atoms with Crippen LogP contribution >= 0.6 is 11.3 Å². The van der Waals surface area contributed by atoms with Crippen LogP contribution in [-0.2, 0) is 16.0 Å². The quantitative estimate of drug-likeness (QED) is 0.872. The Kier molecular flexibility index (Phi) is 3.27. The molecular weight excluding hydrogens is 278 g/mol. The van der Waals surface area contributed by atoms with Gasteiger partial charge in [0.05, 0.1) is 18.4 Å². The zero-order chi connectivity index (χ0) is 14.1. The van der Waals surface area contributed by atoms with Gasteiger partial charge in [-0.25, -0.2) is 4.98 Å². The molecule has 2 heterocycles. The average Bonchev–Trinajstić information content (AvgIpc) is 2.82. The molecule has 1 aliphatic rings. The van der Waals surface area contributed by atoms with Crippen molar-refractivity contribution in [2.45, 2.75) is 18.8 Å². The number of nitrogens with zero attached hydrogens (tertiary/aromatic N) is 1. The van der Waals surface area contributed by atoms with Crippen molar-refractivity contribution in [3.8, 4) is 0 Å². The number of anilines is 1. The number of amides is 2. The summed E-state index contributed by atoms with van der Waals surface area (Å²) in [5.41, 5.74) is 5.67. The first-order chi connectivity index (χ1) is 9.63. The number of rotatable bonds is 5. The van der Waals surface area contributed by atoms with Gasteiger partial charge in [-0.1, -0.05) is 0 Å². The lowest BCUT2D eigenvalue weighted by Crippen LogP contribution is -2.15. The first kappa shape index (κ1) is 12.9. The highest BCUT2D eigenvalue weighted by Crippen LogP contribution is 2.48. The highest BCUT2D eigenvalue weighted by molar-refractivity contribution is 7.13. The molecular formula is C13H13N3O3S. The summed E-state index contributed by atoms with van der Waals surface area (Å²) in [7, 11) is 0. The molecule has 2 aromatic heterocycles. The summed E-state index contributed by atoms with van der Waals surface area (Å²) < 4.78 is 5.29. The molecule has 20 heavy (non-hydrogen) atoms. The van der Waals surface area contributed by atoms with E-state index in [1.165, 1.54) is 11.3 Å². The van der Waals surface area contributed by atoms with E-state index in [0.29, 0.717) is 10.8 Å². The van der Waals surface area contributed by atoms with Crippen LogP contribution < -0.4 is 11.1 Å². The second kappa shape index (κ2) is 5.09. The smallest absolute Gasteiger partial charge is 0.230 e. The maximum absolute atomic E-state index is 12.0. The lowest BCUT2D eigenvalue weighted by Gasteiger charge is -1.99. The van der Waals surface area contributed by atoms with Gasteiger partial charge in [0.2, 0.25) is 11.8 Å². The number of primary amides is 1. The van der Waals surface area contributed by atoms with E-state index in [9.17, 15) is 9.59 Å². The monoisotopic (exact) mass is 291 g/mol. The third kappa shape index (κ3) is 2.72. The van der Waals surface area contributed by atoms with E-state index in [0.717, 1.165) is 12.2 Å². The number of aromatic nitrogens is 1. The molecule has 104 valence electrons. The molecule has 0 bridgehead atoms. The first-order valence-electron chi connectivity index (χ1n) is 6.20. The number of nitrogens with two attached hydrogens (primary N) is 1. The number of carbonyl (C=O) groups is 2. The molecule has 2 amide bonds. The van der Waals surface area contributed by atoms with Crippen molar-refractivity contribution in [3.63, 3.8) is 0 Å². The fourth-order valence-electron chi connectivity index (χ4n) is 2.12. The molecule has 7 heteroatoms. The molecule has 0 spiro atoms. The molecule has 0 saturated heterocycles. The maximum atomic E-state index is 12.0. The van der Waals surface area contributed by atoms with E-state index < -0.39 is 5.91 Å². The van der Waals surface area contributed by atoms with E-state index in [1.807, 2.05) is 12.1 Å². The highest BCUT2D eigenvalue weighted by atomic mass is 32.1. The number of nitrogens with one attached hydrogen (secondary N) is 1. The largest absolute Gasteiger partial charge is 0.469 e. The fourth-order valence-corrected chi connectivity index (χ4v) is 2.84. The van der Waals surface area contributed by atoms with E-state index >= 15 is 0 Å². The Bertz CT molecular complexity index is 635. The van der Waals surface area contributed by atoms with Gasteiger partial charge in [-0.3, -0.25) is 9.59 Å². The lowest BCUT2D eigenvalue weighted by molar-refractivity contribution is -0.118. The molecule has 2 aromatic rings. The summed E-state index contributed by atoms with van der Waals surface area (Å²) >= 11 is 1.29. The summed E-state index contributed by atoms with van der Waals surface area (Å²) in [5, 5.41) is 4.98. The predicted molar refractivity (Wildman–Crippen MR) is 73.2 cm³/mol. The van der Waals surface area contributed by atoms with Gasteiger partial charge < -0.3 is 15.5 Å². The number of thiazole rings is 1. The Morgan fingerprint density at radius 2 is 2.40 bits per heavy atom. The van der Waals surface area contributed by atoms with Crippen LogP contribution in [0.4, 0.5) is 5.13 Å². The minimum atomic E-state index is -0.437. The van der Waals surface area contributed by atoms with Crippen molar-refractivity contribution in [1.82, 2.24) is 4.98 Å². The molecule has 6 nitrogen and oxygen atoms in total. The Balaban J connectivity index is 1.57. The number of hydrogen-bond donors (Lipinski definition) is 2. The molecule has 3 N–H and O–H groups in total. The predicted octanol–water partition coefficient (Wildman–Crippen LogP) is 1.51. The van der Waals surface area contributed by atoms with Crippen molar-refractivity contribution in [3.05, 3.63) is 35.2 Å². The summed E-state index contributed by atoms with van der Waals surface area (Å²) in [6.45, 7) is 0. The molecule has 0 aromatic carbocycles. The van der Waals surface area contributed by atoms with Gasteiger partial charge in [-0.2, -0.15) is 0 Å². The van der Waals surface area contributed by atoms with Crippen molar-refractivity contribution in [2.24, 2.45) is 11.7 Å². The van der Waals surface area contributed by atoms with Gasteiger partial charge in [-0.15, -0.1) is 11.3 Å². The van der Waals surface area contributed by atoms with Crippen LogP contribution in [-0.4, -0.2) is 16.8 Å². The van der Waals surface area contributed by atoms with E-state index in [2.05, 4.69) is 10.3 Å². The molecule has 2 atom stereocenters. The van der Waals surface area contributed by atoms with Gasteiger partial charge in [0.25, 0.3) is 0 Å². The van der Waals surface area contributed by atoms with Gasteiger partial charge in [0.15, 0.2) is 5.13 Å². The standard InChI is InChI=1S/C13H13N3O3S/c14-11(17)4-7-6-20-13(15-7)16-12(18)9-5-8(9)10-2-1-3-19-10/h1-3,6,8-9H,4-5H2,(H2,14,17)(H,15,16,18). The van der Waals surface area contributed by atoms with Crippen LogP contribution in [0.1, 0.15) is 23.8 Å². The van der Waals surface area contributed by atoms with Crippen LogP contribution in [0.5, 0.6) is 0 Å². The molecule has 1 saturated carbocycles. The number of furan rings is 1. The van der Waals surface area contributed by atoms with Gasteiger partial charge in [0, 0.05) is 17.2 Å². The molecule has 2 unspecified atom stereocenters. The molecule has 0 aliphatic heterocycles. The lowest BCUT2D eigenvalue weighted by atomic mass is 10.2. The molecule has 0 radical (unpaired) electrons. The van der Waals surface area contributed by atoms with Gasteiger partial charge >= 0.3 is 0 Å². The van der Waals surface area contributed by atoms with Crippen LogP contribution in [0.15, 0.2) is 28.2 Å². The van der Waals surface area contributed by atoms with Crippen LogP contribution in [0, 0.1) is 5.92 Å². The Hall–Kier alpha value is -2.15. The second-order valence-corrected chi connectivity index (χ2v) is 5.60. The van der Waals surface area contributed by atoms with E-state index in [-0.39, 0.29) is 24.2 Å². The molecule has 3 rings (SSSR count). The van der Waals surface area contributed by atoms with Crippen LogP contribution in [0.3, 0.4) is 0 Å². The second-order valence-electron chi connectivity index (χ2n) is 4.74. The van der Waals surface area contributed by atoms with Crippen molar-refractivity contribution in [1.29, 1.82) is 0 Å². The van der Waals surface area contributed by atoms with Crippen molar-refractivity contribution < 1.29 is 14.0 Å². The summed E-state index contributed by atoms with van der Waals surface area (Å²) in [5.74, 6) is 0.443. The number of carbonyl (C=O) groups excluding carboxylic acids is 2. The van der Waals surface area contributed by atoms with Gasteiger partial charge in [-0.05, 0) is 18.6 Å². The zero-order valence-corrected chi connectivity index (χ0v) is 11.4. The SMILES string of the molecule is NC(=O)Cc1csc(NC(=O)C2CC2c2ccco2)n1. The Morgan fingerprint density at radius 1 is 1.55 bits per heavy atom. The minimum absolute atomic E-state index is 0.0635. The summed E-state index contributed by atoms with van der Waals surface area (Å²) in [4.78, 5) is 27.0. The molecule has 1 aliphatic carbocycles. The van der Waals surface area contributed by atoms with E-state index in [1.54, 1.807) is 11.6 Å². The summed E-state index contributed by atoms with van der Waals surface area (Å²) in [6.07, 6.45) is 2.49. The van der Waals surface area contributed by atoms with Crippen molar-refractivity contribution in [2.75, 3.05) is 5.32 Å². The highest BCUT2D eigenvalue weighted by Gasteiger charge is 2.46.